The summed E-state index contributed by atoms with van der Waals surface area (Å²) in [6, 6.07) is -0.171. The molecule has 0 aromatic rings. The van der Waals surface area contributed by atoms with Crippen LogP contribution >= 0.6 is 0 Å². The van der Waals surface area contributed by atoms with E-state index in [2.05, 4.69) is 13.8 Å². The maximum absolute atomic E-state index is 12.7. The summed E-state index contributed by atoms with van der Waals surface area (Å²) in [5.74, 6) is -0.565. The van der Waals surface area contributed by atoms with Gasteiger partial charge in [-0.3, -0.25) is 9.59 Å². The third-order valence-electron chi connectivity index (χ3n) is 5.78. The molecule has 1 N–H and O–H groups in total. The van der Waals surface area contributed by atoms with E-state index in [1.165, 1.54) is 19.3 Å². The smallest absolute Gasteiger partial charge is 0.308 e. The Labute approximate surface area is 127 Å². The Kier molecular flexibility index (Phi) is 4.95. The number of carbonyl (C=O) groups excluding carboxylic acids is 1. The molecule has 1 saturated carbocycles. The van der Waals surface area contributed by atoms with Crippen LogP contribution in [0.25, 0.3) is 0 Å². The summed E-state index contributed by atoms with van der Waals surface area (Å²) < 4.78 is 0. The van der Waals surface area contributed by atoms with Crippen LogP contribution in [0, 0.1) is 17.3 Å². The molecule has 1 aliphatic carbocycles. The Morgan fingerprint density at radius 1 is 1.19 bits per heavy atom. The van der Waals surface area contributed by atoms with Gasteiger partial charge in [-0.15, -0.1) is 0 Å². The average Bonchev–Trinajstić information content (AvgIpc) is 2.40. The van der Waals surface area contributed by atoms with E-state index in [1.54, 1.807) is 0 Å². The molecule has 0 bridgehead atoms. The SMILES string of the molecule is C[C@@H]1[C@H](C(=O)O)CCCN1C(=O)CC1CCCCC1(C)C. The minimum atomic E-state index is -0.766. The predicted octanol–water partition coefficient (Wildman–Crippen LogP) is 3.30. The molecule has 0 radical (unpaired) electrons. The lowest BCUT2D eigenvalue weighted by molar-refractivity contribution is -0.149. The van der Waals surface area contributed by atoms with E-state index in [0.29, 0.717) is 18.8 Å². The highest BCUT2D eigenvalue weighted by Gasteiger charge is 2.38. The number of nitrogens with zero attached hydrogens (tertiary/aromatic N) is 1. The van der Waals surface area contributed by atoms with Crippen molar-refractivity contribution in [2.24, 2.45) is 17.3 Å². The third kappa shape index (κ3) is 3.58. The number of carboxylic acids is 1. The summed E-state index contributed by atoms with van der Waals surface area (Å²) >= 11 is 0. The maximum Gasteiger partial charge on any atom is 0.308 e. The standard InChI is InChI=1S/C17H29NO3/c1-12-14(16(20)21)8-6-10-18(12)15(19)11-13-7-4-5-9-17(13,2)3/h12-14H,4-11H2,1-3H3,(H,20,21)/t12-,13?,14-/m1/s1. The molecule has 1 heterocycles. The first-order chi connectivity index (χ1) is 9.83. The quantitative estimate of drug-likeness (QED) is 0.869. The fourth-order valence-corrected chi connectivity index (χ4v) is 4.10. The number of amides is 1. The highest BCUT2D eigenvalue weighted by atomic mass is 16.4. The number of carbonyl (C=O) groups is 2. The van der Waals surface area contributed by atoms with Gasteiger partial charge in [-0.2, -0.15) is 0 Å². The number of likely N-dealkylation sites (tertiary alicyclic amines) is 1. The molecule has 1 aliphatic heterocycles. The third-order valence-corrected chi connectivity index (χ3v) is 5.78. The molecule has 1 unspecified atom stereocenters. The molecule has 4 heteroatoms. The van der Waals surface area contributed by atoms with Crippen molar-refractivity contribution in [3.05, 3.63) is 0 Å². The summed E-state index contributed by atoms with van der Waals surface area (Å²) in [7, 11) is 0. The molecule has 0 aromatic heterocycles. The summed E-state index contributed by atoms with van der Waals surface area (Å²) in [5.41, 5.74) is 0.235. The number of aliphatic carboxylic acids is 1. The van der Waals surface area contributed by atoms with E-state index >= 15 is 0 Å². The topological polar surface area (TPSA) is 57.6 Å². The second-order valence-corrected chi connectivity index (χ2v) is 7.55. The molecule has 0 spiro atoms. The molecule has 3 atom stereocenters. The van der Waals surface area contributed by atoms with Crippen molar-refractivity contribution < 1.29 is 14.7 Å². The van der Waals surface area contributed by atoms with Gasteiger partial charge in [0.15, 0.2) is 0 Å². The van der Waals surface area contributed by atoms with Crippen molar-refractivity contribution in [3.8, 4) is 0 Å². The van der Waals surface area contributed by atoms with Crippen LogP contribution < -0.4 is 0 Å². The van der Waals surface area contributed by atoms with Crippen LogP contribution in [0.15, 0.2) is 0 Å². The van der Waals surface area contributed by atoms with Crippen LogP contribution in [0.3, 0.4) is 0 Å². The van der Waals surface area contributed by atoms with Gasteiger partial charge in [0.1, 0.15) is 0 Å². The monoisotopic (exact) mass is 295 g/mol. The van der Waals surface area contributed by atoms with Crippen molar-refractivity contribution in [1.29, 1.82) is 0 Å². The molecule has 1 amide bonds. The number of carboxylic acid groups (broad SMARTS) is 1. The van der Waals surface area contributed by atoms with Gasteiger partial charge in [-0.25, -0.2) is 0 Å². The van der Waals surface area contributed by atoms with E-state index in [1.807, 2.05) is 11.8 Å². The average molecular weight is 295 g/mol. The fourth-order valence-electron chi connectivity index (χ4n) is 4.10. The summed E-state index contributed by atoms with van der Waals surface area (Å²) in [4.78, 5) is 25.8. The van der Waals surface area contributed by atoms with Crippen molar-refractivity contribution in [1.82, 2.24) is 4.90 Å². The highest BCUT2D eigenvalue weighted by molar-refractivity contribution is 5.79. The van der Waals surface area contributed by atoms with Gasteiger partial charge in [0.2, 0.25) is 5.91 Å². The van der Waals surface area contributed by atoms with Gasteiger partial charge in [0.25, 0.3) is 0 Å². The number of rotatable bonds is 3. The van der Waals surface area contributed by atoms with Crippen LogP contribution in [0.5, 0.6) is 0 Å². The van der Waals surface area contributed by atoms with Crippen LogP contribution in [-0.4, -0.2) is 34.5 Å². The van der Waals surface area contributed by atoms with E-state index < -0.39 is 11.9 Å². The van der Waals surface area contributed by atoms with Crippen LogP contribution in [-0.2, 0) is 9.59 Å². The first-order valence-corrected chi connectivity index (χ1v) is 8.35. The van der Waals surface area contributed by atoms with E-state index in [0.717, 1.165) is 19.4 Å². The van der Waals surface area contributed by atoms with Crippen molar-refractivity contribution in [2.75, 3.05) is 6.54 Å². The molecule has 2 fully saturated rings. The summed E-state index contributed by atoms with van der Waals surface area (Å²) in [5, 5.41) is 9.27. The van der Waals surface area contributed by atoms with Crippen molar-refractivity contribution >= 4 is 11.9 Å². The van der Waals surface area contributed by atoms with Crippen molar-refractivity contribution in [3.63, 3.8) is 0 Å². The molecule has 4 nitrogen and oxygen atoms in total. The number of hydrogen-bond donors (Lipinski definition) is 1. The van der Waals surface area contributed by atoms with E-state index in [-0.39, 0.29) is 17.4 Å². The van der Waals surface area contributed by atoms with E-state index in [4.69, 9.17) is 0 Å². The van der Waals surface area contributed by atoms with Gasteiger partial charge in [0, 0.05) is 19.0 Å². The Morgan fingerprint density at radius 3 is 2.52 bits per heavy atom. The van der Waals surface area contributed by atoms with Gasteiger partial charge >= 0.3 is 5.97 Å². The van der Waals surface area contributed by atoms with Crippen LogP contribution in [0.1, 0.15) is 65.7 Å². The lowest BCUT2D eigenvalue weighted by Crippen LogP contribution is -2.50. The Balaban J connectivity index is 2.00. The highest BCUT2D eigenvalue weighted by Crippen LogP contribution is 2.42. The molecule has 1 saturated heterocycles. The van der Waals surface area contributed by atoms with Crippen LogP contribution in [0.4, 0.5) is 0 Å². The molecular weight excluding hydrogens is 266 g/mol. The number of piperidine rings is 1. The number of hydrogen-bond acceptors (Lipinski definition) is 2. The van der Waals surface area contributed by atoms with Gasteiger partial charge in [-0.05, 0) is 43.9 Å². The molecule has 120 valence electrons. The Hall–Kier alpha value is -1.06. The summed E-state index contributed by atoms with van der Waals surface area (Å²) in [6.07, 6.45) is 6.88. The largest absolute Gasteiger partial charge is 0.481 e. The van der Waals surface area contributed by atoms with Gasteiger partial charge < -0.3 is 10.0 Å². The van der Waals surface area contributed by atoms with Crippen molar-refractivity contribution in [2.45, 2.75) is 71.8 Å². The van der Waals surface area contributed by atoms with Crippen LogP contribution in [0.2, 0.25) is 0 Å². The zero-order valence-corrected chi connectivity index (χ0v) is 13.6. The Bertz CT molecular complexity index is 405. The van der Waals surface area contributed by atoms with Gasteiger partial charge in [0.05, 0.1) is 5.92 Å². The minimum Gasteiger partial charge on any atom is -0.481 e. The zero-order valence-electron chi connectivity index (χ0n) is 13.6. The lowest BCUT2D eigenvalue weighted by atomic mass is 9.67. The zero-order chi connectivity index (χ0) is 15.6. The Morgan fingerprint density at radius 2 is 1.90 bits per heavy atom. The normalized spacial score (nSPS) is 32.7. The fraction of sp³-hybridized carbons (Fsp3) is 0.882. The lowest BCUT2D eigenvalue weighted by Gasteiger charge is -2.42. The molecule has 0 aromatic carbocycles. The van der Waals surface area contributed by atoms with E-state index in [9.17, 15) is 14.7 Å². The molecular formula is C17H29NO3. The molecule has 2 rings (SSSR count). The molecule has 2 aliphatic rings. The first-order valence-electron chi connectivity index (χ1n) is 8.35. The van der Waals surface area contributed by atoms with Gasteiger partial charge in [-0.1, -0.05) is 26.7 Å². The summed E-state index contributed by atoms with van der Waals surface area (Å²) in [6.45, 7) is 7.15. The first kappa shape index (κ1) is 16.3. The molecule has 21 heavy (non-hydrogen) atoms. The second-order valence-electron chi connectivity index (χ2n) is 7.55. The predicted molar refractivity (Wildman–Crippen MR) is 81.9 cm³/mol. The second kappa shape index (κ2) is 6.37. The minimum absolute atomic E-state index is 0.161. The maximum atomic E-state index is 12.7.